The standard InChI is InChI=1S/C12H13N3O5S/c1-7-11(16)13-4-5-15(7)21(18,19)8-2-3-9-10(6-8)20-12(17)14-9/h2-3,6-7H,4-5H2,1H3,(H,13,16)(H,14,17). The zero-order valence-electron chi connectivity index (χ0n) is 11.1. The van der Waals surface area contributed by atoms with E-state index in [1.165, 1.54) is 25.1 Å². The Labute approximate surface area is 119 Å². The van der Waals surface area contributed by atoms with Crippen molar-refractivity contribution in [3.05, 3.63) is 28.7 Å². The number of sulfonamides is 1. The molecule has 1 saturated heterocycles. The zero-order valence-corrected chi connectivity index (χ0v) is 11.9. The summed E-state index contributed by atoms with van der Waals surface area (Å²) in [5, 5.41) is 2.61. The fraction of sp³-hybridized carbons (Fsp3) is 0.333. The highest BCUT2D eigenvalue weighted by atomic mass is 32.2. The first-order valence-corrected chi connectivity index (χ1v) is 7.76. The highest BCUT2D eigenvalue weighted by Crippen LogP contribution is 2.22. The van der Waals surface area contributed by atoms with Gasteiger partial charge in [-0.2, -0.15) is 4.31 Å². The Morgan fingerprint density at radius 1 is 1.33 bits per heavy atom. The van der Waals surface area contributed by atoms with E-state index in [1.807, 2.05) is 0 Å². The van der Waals surface area contributed by atoms with Crippen LogP contribution in [-0.2, 0) is 14.8 Å². The van der Waals surface area contributed by atoms with E-state index < -0.39 is 21.8 Å². The fourth-order valence-corrected chi connectivity index (χ4v) is 3.92. The van der Waals surface area contributed by atoms with Gasteiger partial charge in [0.05, 0.1) is 10.4 Å². The van der Waals surface area contributed by atoms with Gasteiger partial charge in [-0.1, -0.05) is 0 Å². The minimum Gasteiger partial charge on any atom is -0.408 e. The van der Waals surface area contributed by atoms with Gasteiger partial charge >= 0.3 is 5.76 Å². The van der Waals surface area contributed by atoms with E-state index in [9.17, 15) is 18.0 Å². The number of rotatable bonds is 2. The predicted octanol–water partition coefficient (Wildman–Crippen LogP) is -0.370. The van der Waals surface area contributed by atoms with Crippen LogP contribution < -0.4 is 11.1 Å². The number of piperazine rings is 1. The highest BCUT2D eigenvalue weighted by Gasteiger charge is 2.35. The molecule has 0 spiro atoms. The highest BCUT2D eigenvalue weighted by molar-refractivity contribution is 7.89. The van der Waals surface area contributed by atoms with Crippen LogP contribution in [0.5, 0.6) is 0 Å². The number of nitrogens with one attached hydrogen (secondary N) is 2. The summed E-state index contributed by atoms with van der Waals surface area (Å²) in [6.45, 7) is 2.00. The van der Waals surface area contributed by atoms with Crippen molar-refractivity contribution in [1.29, 1.82) is 0 Å². The Hall–Kier alpha value is -2.13. The van der Waals surface area contributed by atoms with Gasteiger partial charge in [-0.3, -0.25) is 9.78 Å². The van der Waals surface area contributed by atoms with Crippen LogP contribution in [0.4, 0.5) is 0 Å². The van der Waals surface area contributed by atoms with Crippen LogP contribution >= 0.6 is 0 Å². The molecule has 1 aromatic heterocycles. The molecule has 8 nitrogen and oxygen atoms in total. The average Bonchev–Trinajstić information content (AvgIpc) is 2.80. The number of carbonyl (C=O) groups excluding carboxylic acids is 1. The quantitative estimate of drug-likeness (QED) is 0.786. The van der Waals surface area contributed by atoms with Crippen LogP contribution in [0.25, 0.3) is 11.1 Å². The van der Waals surface area contributed by atoms with Crippen LogP contribution in [-0.4, -0.2) is 42.7 Å². The van der Waals surface area contributed by atoms with Crippen molar-refractivity contribution in [2.45, 2.75) is 17.9 Å². The molecule has 2 N–H and O–H groups in total. The third kappa shape index (κ3) is 2.24. The minimum atomic E-state index is -3.83. The number of H-pyrrole nitrogens is 1. The molecule has 1 fully saturated rings. The van der Waals surface area contributed by atoms with E-state index in [0.717, 1.165) is 4.31 Å². The molecule has 2 aromatic rings. The lowest BCUT2D eigenvalue weighted by molar-refractivity contribution is -0.126. The van der Waals surface area contributed by atoms with Crippen LogP contribution in [0.15, 0.2) is 32.3 Å². The van der Waals surface area contributed by atoms with Gasteiger partial charge in [-0.25, -0.2) is 13.2 Å². The van der Waals surface area contributed by atoms with Crippen molar-refractivity contribution < 1.29 is 17.6 Å². The summed E-state index contributed by atoms with van der Waals surface area (Å²) in [5.41, 5.74) is 0.582. The smallest absolute Gasteiger partial charge is 0.408 e. The van der Waals surface area contributed by atoms with Crippen molar-refractivity contribution in [2.75, 3.05) is 13.1 Å². The Morgan fingerprint density at radius 3 is 2.86 bits per heavy atom. The van der Waals surface area contributed by atoms with Gasteiger partial charge in [-0.15, -0.1) is 0 Å². The van der Waals surface area contributed by atoms with Crippen molar-refractivity contribution >= 4 is 27.0 Å². The average molecular weight is 311 g/mol. The summed E-state index contributed by atoms with van der Waals surface area (Å²) >= 11 is 0. The fourth-order valence-electron chi connectivity index (χ4n) is 2.31. The summed E-state index contributed by atoms with van der Waals surface area (Å²) in [7, 11) is -3.83. The molecule has 0 saturated carbocycles. The first-order chi connectivity index (χ1) is 9.89. The van der Waals surface area contributed by atoms with Gasteiger partial charge in [-0.05, 0) is 19.1 Å². The summed E-state index contributed by atoms with van der Waals surface area (Å²) in [6.07, 6.45) is 0. The second kappa shape index (κ2) is 4.71. The third-order valence-corrected chi connectivity index (χ3v) is 5.41. The topological polar surface area (TPSA) is 112 Å². The van der Waals surface area contributed by atoms with Crippen LogP contribution in [0.3, 0.4) is 0 Å². The molecule has 1 atom stereocenters. The van der Waals surface area contributed by atoms with E-state index in [0.29, 0.717) is 5.52 Å². The second-order valence-electron chi connectivity index (χ2n) is 4.76. The molecule has 0 aliphatic carbocycles. The monoisotopic (exact) mass is 311 g/mol. The molecule has 21 heavy (non-hydrogen) atoms. The van der Waals surface area contributed by atoms with Crippen molar-refractivity contribution in [1.82, 2.24) is 14.6 Å². The van der Waals surface area contributed by atoms with E-state index in [1.54, 1.807) is 0 Å². The van der Waals surface area contributed by atoms with Gasteiger partial charge in [0.25, 0.3) is 0 Å². The Bertz CT molecular complexity index is 866. The molecule has 1 amide bonds. The van der Waals surface area contributed by atoms with Gasteiger partial charge in [0.15, 0.2) is 5.58 Å². The normalized spacial score (nSPS) is 20.6. The number of benzene rings is 1. The van der Waals surface area contributed by atoms with E-state index in [2.05, 4.69) is 10.3 Å². The number of aromatic amines is 1. The van der Waals surface area contributed by atoms with Gasteiger partial charge in [0.1, 0.15) is 6.04 Å². The molecule has 1 aliphatic heterocycles. The number of oxazole rings is 1. The molecule has 112 valence electrons. The van der Waals surface area contributed by atoms with Crippen LogP contribution in [0.1, 0.15) is 6.92 Å². The summed E-state index contributed by atoms with van der Waals surface area (Å²) < 4.78 is 31.2. The van der Waals surface area contributed by atoms with Crippen molar-refractivity contribution in [3.8, 4) is 0 Å². The molecule has 1 aromatic carbocycles. The lowest BCUT2D eigenvalue weighted by atomic mass is 10.2. The maximum atomic E-state index is 12.6. The van der Waals surface area contributed by atoms with Crippen LogP contribution in [0.2, 0.25) is 0 Å². The number of carbonyl (C=O) groups is 1. The molecule has 0 radical (unpaired) electrons. The number of nitrogens with zero attached hydrogens (tertiary/aromatic N) is 1. The number of fused-ring (bicyclic) bond motifs is 1. The van der Waals surface area contributed by atoms with E-state index in [-0.39, 0.29) is 29.5 Å². The second-order valence-corrected chi connectivity index (χ2v) is 6.65. The lowest BCUT2D eigenvalue weighted by Gasteiger charge is -2.31. The third-order valence-electron chi connectivity index (χ3n) is 3.44. The molecule has 1 unspecified atom stereocenters. The molecule has 3 rings (SSSR count). The van der Waals surface area contributed by atoms with Gasteiger partial charge < -0.3 is 9.73 Å². The first kappa shape index (κ1) is 13.8. The molecule has 9 heteroatoms. The molecule has 0 bridgehead atoms. The molecular formula is C12H13N3O5S. The number of hydrogen-bond donors (Lipinski definition) is 2. The number of hydrogen-bond acceptors (Lipinski definition) is 5. The van der Waals surface area contributed by atoms with Crippen molar-refractivity contribution in [2.24, 2.45) is 0 Å². The first-order valence-electron chi connectivity index (χ1n) is 6.32. The van der Waals surface area contributed by atoms with Crippen molar-refractivity contribution in [3.63, 3.8) is 0 Å². The Morgan fingerprint density at radius 2 is 2.10 bits per heavy atom. The SMILES string of the molecule is CC1C(=O)NCCN1S(=O)(=O)c1ccc2[nH]c(=O)oc2c1. The maximum absolute atomic E-state index is 12.6. The zero-order chi connectivity index (χ0) is 15.2. The summed E-state index contributed by atoms with van der Waals surface area (Å²) in [5.74, 6) is -0.982. The van der Waals surface area contributed by atoms with E-state index in [4.69, 9.17) is 4.42 Å². The summed E-state index contributed by atoms with van der Waals surface area (Å²) in [4.78, 5) is 25.2. The Kier molecular flexibility index (Phi) is 3.10. The number of aromatic nitrogens is 1. The maximum Gasteiger partial charge on any atom is 0.417 e. The predicted molar refractivity (Wildman–Crippen MR) is 73.2 cm³/mol. The van der Waals surface area contributed by atoms with E-state index >= 15 is 0 Å². The summed E-state index contributed by atoms with van der Waals surface area (Å²) in [6, 6.07) is 3.34. The van der Waals surface area contributed by atoms with Gasteiger partial charge in [0.2, 0.25) is 15.9 Å². The molecule has 1 aliphatic rings. The van der Waals surface area contributed by atoms with Gasteiger partial charge in [0, 0.05) is 19.2 Å². The lowest BCUT2D eigenvalue weighted by Crippen LogP contribution is -2.55. The number of amides is 1. The molecular weight excluding hydrogens is 298 g/mol. The minimum absolute atomic E-state index is 0.0145. The van der Waals surface area contributed by atoms with Crippen LogP contribution in [0, 0.1) is 0 Å². The Balaban J connectivity index is 2.06. The largest absolute Gasteiger partial charge is 0.417 e. The molecule has 2 heterocycles.